The lowest BCUT2D eigenvalue weighted by Gasteiger charge is -2.46. The van der Waals surface area contributed by atoms with Gasteiger partial charge in [0.05, 0.1) is 0 Å². The number of carboxylic acids is 2. The van der Waals surface area contributed by atoms with E-state index < -0.39 is 35.8 Å². The van der Waals surface area contributed by atoms with Crippen molar-refractivity contribution in [1.29, 1.82) is 0 Å². The third kappa shape index (κ3) is 4.97. The van der Waals surface area contributed by atoms with Crippen LogP contribution in [0.4, 0.5) is 0 Å². The molecule has 6 saturated heterocycles. The molecule has 6 aliphatic heterocycles. The molecule has 36 heavy (non-hydrogen) atoms. The van der Waals surface area contributed by atoms with Crippen molar-refractivity contribution in [3.8, 4) is 0 Å². The van der Waals surface area contributed by atoms with Crippen LogP contribution in [0.25, 0.3) is 0 Å². The lowest BCUT2D eigenvalue weighted by Crippen LogP contribution is -2.58. The molecule has 10 heteroatoms. The van der Waals surface area contributed by atoms with Crippen LogP contribution >= 0.6 is 0 Å². The SMILES string of the molecule is O=C(NC(C(=O)O)[C@@H]1CN2CCC1CC2)c1cccc(C(=O)NC(C(=O)O)[C@@H]2CN3CCC2CC3)c1. The van der Waals surface area contributed by atoms with Gasteiger partial charge in [0, 0.05) is 36.1 Å². The molecule has 4 N–H and O–H groups in total. The van der Waals surface area contributed by atoms with Crippen LogP contribution in [0.5, 0.6) is 0 Å². The summed E-state index contributed by atoms with van der Waals surface area (Å²) in [6, 6.07) is 4.01. The van der Waals surface area contributed by atoms with Crippen LogP contribution in [0.2, 0.25) is 0 Å². The molecule has 0 radical (unpaired) electrons. The Morgan fingerprint density at radius 1 is 0.722 bits per heavy atom. The van der Waals surface area contributed by atoms with Crippen LogP contribution < -0.4 is 10.6 Å². The smallest absolute Gasteiger partial charge is 0.326 e. The van der Waals surface area contributed by atoms with Crippen molar-refractivity contribution >= 4 is 23.8 Å². The quantitative estimate of drug-likeness (QED) is 0.412. The van der Waals surface area contributed by atoms with Crippen molar-refractivity contribution in [2.45, 2.75) is 37.8 Å². The molecule has 2 unspecified atom stereocenters. The first-order valence-electron chi connectivity index (χ1n) is 12.9. The molecular weight excluding hydrogens is 464 g/mol. The zero-order valence-electron chi connectivity index (χ0n) is 20.3. The molecule has 1 aromatic carbocycles. The van der Waals surface area contributed by atoms with Gasteiger partial charge < -0.3 is 30.6 Å². The molecule has 6 fully saturated rings. The van der Waals surface area contributed by atoms with Crippen molar-refractivity contribution in [2.24, 2.45) is 23.7 Å². The zero-order valence-corrected chi connectivity index (χ0v) is 20.3. The molecule has 6 aliphatic rings. The molecule has 0 aliphatic carbocycles. The van der Waals surface area contributed by atoms with Crippen molar-refractivity contribution in [2.75, 3.05) is 39.3 Å². The fourth-order valence-electron chi connectivity index (χ4n) is 6.73. The van der Waals surface area contributed by atoms with Crippen LogP contribution in [-0.4, -0.2) is 95.1 Å². The summed E-state index contributed by atoms with van der Waals surface area (Å²) in [6.45, 7) is 5.18. The first-order valence-corrected chi connectivity index (χ1v) is 12.9. The van der Waals surface area contributed by atoms with E-state index in [1.165, 1.54) is 18.2 Å². The number of nitrogens with zero attached hydrogens (tertiary/aromatic N) is 2. The molecule has 194 valence electrons. The Balaban J connectivity index is 1.27. The Hall–Kier alpha value is -2.98. The van der Waals surface area contributed by atoms with E-state index in [4.69, 9.17) is 0 Å². The highest BCUT2D eigenvalue weighted by Crippen LogP contribution is 2.35. The molecule has 0 saturated carbocycles. The van der Waals surface area contributed by atoms with E-state index in [9.17, 15) is 29.4 Å². The third-order valence-electron chi connectivity index (χ3n) is 8.76. The standard InChI is InChI=1S/C26H34N4O6/c31-23(27-21(25(33)34)19-13-29-8-4-15(19)5-9-29)17-2-1-3-18(12-17)24(32)28-22(26(35)36)20-14-30-10-6-16(20)7-11-30/h1-3,12,15-16,19-22H,4-11,13-14H2,(H,27,31)(H,28,32)(H,33,34)(H,35,36)/t19-,20-,21?,22?/m1/s1. The summed E-state index contributed by atoms with van der Waals surface area (Å²) in [5.41, 5.74) is 0.342. The molecule has 2 amide bonds. The van der Waals surface area contributed by atoms with Crippen molar-refractivity contribution in [3.63, 3.8) is 0 Å². The molecule has 1 aromatic rings. The minimum Gasteiger partial charge on any atom is -0.480 e. The van der Waals surface area contributed by atoms with Crippen LogP contribution in [0, 0.1) is 23.7 Å². The van der Waals surface area contributed by atoms with Gasteiger partial charge in [-0.2, -0.15) is 0 Å². The number of benzene rings is 1. The first kappa shape index (κ1) is 24.7. The Morgan fingerprint density at radius 2 is 1.11 bits per heavy atom. The minimum atomic E-state index is -1.06. The predicted octanol–water partition coefficient (Wildman–Crippen LogP) is 0.736. The first-order chi connectivity index (χ1) is 17.3. The van der Waals surface area contributed by atoms with Gasteiger partial charge in [-0.15, -0.1) is 0 Å². The van der Waals surface area contributed by atoms with Gasteiger partial charge in [-0.1, -0.05) is 6.07 Å². The van der Waals surface area contributed by atoms with Gasteiger partial charge in [-0.3, -0.25) is 9.59 Å². The maximum atomic E-state index is 13.0. The molecule has 10 nitrogen and oxygen atoms in total. The van der Waals surface area contributed by atoms with Gasteiger partial charge >= 0.3 is 11.9 Å². The Morgan fingerprint density at radius 3 is 1.42 bits per heavy atom. The second kappa shape index (κ2) is 10.2. The number of hydrogen-bond donors (Lipinski definition) is 4. The predicted molar refractivity (Wildman–Crippen MR) is 130 cm³/mol. The summed E-state index contributed by atoms with van der Waals surface area (Å²) < 4.78 is 0. The highest BCUT2D eigenvalue weighted by Gasteiger charge is 2.43. The van der Waals surface area contributed by atoms with E-state index in [2.05, 4.69) is 20.4 Å². The summed E-state index contributed by atoms with van der Waals surface area (Å²) in [7, 11) is 0. The summed E-state index contributed by atoms with van der Waals surface area (Å²) in [5.74, 6) is -2.99. The van der Waals surface area contributed by atoms with E-state index in [1.54, 1.807) is 6.07 Å². The molecule has 0 spiro atoms. The average molecular weight is 499 g/mol. The monoisotopic (exact) mass is 498 g/mol. The van der Waals surface area contributed by atoms with Crippen LogP contribution in [0.15, 0.2) is 24.3 Å². The highest BCUT2D eigenvalue weighted by atomic mass is 16.4. The van der Waals surface area contributed by atoms with Gasteiger partial charge in [-0.05, 0) is 81.9 Å². The molecule has 0 aromatic heterocycles. The molecule has 6 heterocycles. The van der Waals surface area contributed by atoms with E-state index in [1.807, 2.05) is 0 Å². The number of rotatable bonds is 8. The normalized spacial score (nSPS) is 32.3. The number of nitrogens with one attached hydrogen (secondary N) is 2. The van der Waals surface area contributed by atoms with E-state index in [0.29, 0.717) is 13.1 Å². The number of carbonyl (C=O) groups is 4. The summed E-state index contributed by atoms with van der Waals surface area (Å²) in [5, 5.41) is 25.1. The number of piperidine rings is 6. The van der Waals surface area contributed by atoms with E-state index in [0.717, 1.165) is 51.9 Å². The topological polar surface area (TPSA) is 139 Å². The van der Waals surface area contributed by atoms with Gasteiger partial charge in [0.1, 0.15) is 12.1 Å². The maximum absolute atomic E-state index is 13.0. The van der Waals surface area contributed by atoms with Crippen LogP contribution in [0.3, 0.4) is 0 Å². The number of carbonyl (C=O) groups excluding carboxylic acids is 2. The van der Waals surface area contributed by atoms with Crippen LogP contribution in [-0.2, 0) is 9.59 Å². The van der Waals surface area contributed by atoms with Crippen molar-refractivity contribution in [1.82, 2.24) is 20.4 Å². The molecule has 7 rings (SSSR count). The molecular formula is C26H34N4O6. The van der Waals surface area contributed by atoms with Gasteiger partial charge in [0.2, 0.25) is 0 Å². The Labute approximate surface area is 210 Å². The minimum absolute atomic E-state index is 0.154. The largest absolute Gasteiger partial charge is 0.480 e. The number of fused-ring (bicyclic) bond motifs is 6. The van der Waals surface area contributed by atoms with E-state index in [-0.39, 0.29) is 34.8 Å². The fraction of sp³-hybridized carbons (Fsp3) is 0.615. The summed E-state index contributed by atoms with van der Waals surface area (Å²) >= 11 is 0. The lowest BCUT2D eigenvalue weighted by molar-refractivity contribution is -0.143. The highest BCUT2D eigenvalue weighted by molar-refractivity contribution is 6.01. The van der Waals surface area contributed by atoms with Crippen molar-refractivity contribution < 1.29 is 29.4 Å². The van der Waals surface area contributed by atoms with Crippen molar-refractivity contribution in [3.05, 3.63) is 35.4 Å². The Kier molecular flexibility index (Phi) is 6.98. The summed E-state index contributed by atoms with van der Waals surface area (Å²) in [6.07, 6.45) is 3.74. The third-order valence-corrected chi connectivity index (χ3v) is 8.76. The number of aliphatic carboxylic acids is 2. The number of carboxylic acid groups (broad SMARTS) is 2. The van der Waals surface area contributed by atoms with Crippen LogP contribution in [0.1, 0.15) is 46.4 Å². The zero-order chi connectivity index (χ0) is 25.4. The second-order valence-corrected chi connectivity index (χ2v) is 10.8. The average Bonchev–Trinajstić information content (AvgIpc) is 2.91. The number of hydrogen-bond acceptors (Lipinski definition) is 6. The van der Waals surface area contributed by atoms with E-state index >= 15 is 0 Å². The lowest BCUT2D eigenvalue weighted by atomic mass is 9.75. The fourth-order valence-corrected chi connectivity index (χ4v) is 6.73. The molecule has 4 atom stereocenters. The van der Waals surface area contributed by atoms with Gasteiger partial charge in [-0.25, -0.2) is 9.59 Å². The number of amides is 2. The van der Waals surface area contributed by atoms with Gasteiger partial charge in [0.15, 0.2) is 0 Å². The summed E-state index contributed by atoms with van der Waals surface area (Å²) in [4.78, 5) is 54.6. The maximum Gasteiger partial charge on any atom is 0.326 e. The second-order valence-electron chi connectivity index (χ2n) is 10.8. The Bertz CT molecular complexity index is 954. The molecule has 4 bridgehead atoms. The van der Waals surface area contributed by atoms with Gasteiger partial charge in [0.25, 0.3) is 11.8 Å².